The van der Waals surface area contributed by atoms with Crippen LogP contribution in [0.1, 0.15) is 44.9 Å². The van der Waals surface area contributed by atoms with E-state index in [-0.39, 0.29) is 0 Å². The summed E-state index contributed by atoms with van der Waals surface area (Å²) in [6.45, 7) is 3.69. The molecule has 0 N–H and O–H groups in total. The third kappa shape index (κ3) is 12.7. The fourth-order valence-corrected chi connectivity index (χ4v) is 1.20. The molecule has 0 radical (unpaired) electrons. The largest absolute Gasteiger partial charge is 0.198 e. The Hall–Kier alpha value is -1.29. The van der Waals surface area contributed by atoms with E-state index in [0.29, 0.717) is 6.42 Å². The average Bonchev–Trinajstić information content (AvgIpc) is 2.26. The van der Waals surface area contributed by atoms with Crippen LogP contribution in [0.5, 0.6) is 0 Å². The lowest BCUT2D eigenvalue weighted by molar-refractivity contribution is 0.763. The molecule has 0 saturated heterocycles. The van der Waals surface area contributed by atoms with Crippen LogP contribution >= 0.6 is 0 Å². The van der Waals surface area contributed by atoms with Gasteiger partial charge in [-0.25, -0.2) is 0 Å². The fraction of sp³-hybridized carbons (Fsp3) is 0.500. The summed E-state index contributed by atoms with van der Waals surface area (Å²) in [6, 6.07) is 2.14. The van der Waals surface area contributed by atoms with Crippen molar-refractivity contribution in [3.8, 4) is 6.07 Å². The van der Waals surface area contributed by atoms with Crippen molar-refractivity contribution in [2.75, 3.05) is 0 Å². The van der Waals surface area contributed by atoms with Crippen LogP contribution < -0.4 is 0 Å². The highest BCUT2D eigenvalue weighted by Gasteiger charge is 1.82. The smallest absolute Gasteiger partial charge is 0.0621 e. The summed E-state index contributed by atoms with van der Waals surface area (Å²) in [4.78, 5) is 0. The molecule has 0 saturated carbocycles. The number of rotatable bonds is 9. The molecule has 0 bridgehead atoms. The Morgan fingerprint density at radius 2 is 1.53 bits per heavy atom. The Morgan fingerprint density at radius 1 is 0.933 bits per heavy atom. The minimum absolute atomic E-state index is 0.662. The van der Waals surface area contributed by atoms with Crippen LogP contribution in [0, 0.1) is 11.3 Å². The predicted octanol–water partition coefficient (Wildman–Crippen LogP) is 4.54. The first-order valence-electron chi connectivity index (χ1n) is 5.71. The third-order valence-electron chi connectivity index (χ3n) is 2.07. The molecular formula is C14H21N. The Balaban J connectivity index is 3.22. The highest BCUT2D eigenvalue weighted by atomic mass is 14.2. The molecule has 82 valence electrons. The summed E-state index contributed by atoms with van der Waals surface area (Å²) < 4.78 is 0. The van der Waals surface area contributed by atoms with Gasteiger partial charge in [0.05, 0.1) is 6.07 Å². The number of nitrogens with zero attached hydrogens (tertiary/aromatic N) is 1. The van der Waals surface area contributed by atoms with E-state index in [1.807, 2.05) is 6.08 Å². The maximum Gasteiger partial charge on any atom is 0.0621 e. The van der Waals surface area contributed by atoms with Crippen molar-refractivity contribution in [1.29, 1.82) is 5.26 Å². The van der Waals surface area contributed by atoms with Crippen molar-refractivity contribution in [1.82, 2.24) is 0 Å². The van der Waals surface area contributed by atoms with Crippen LogP contribution in [0.25, 0.3) is 0 Å². The molecule has 0 spiro atoms. The summed E-state index contributed by atoms with van der Waals surface area (Å²) in [7, 11) is 0. The highest BCUT2D eigenvalue weighted by molar-refractivity contribution is 5.02. The normalized spacial score (nSPS) is 10.9. The van der Waals surface area contributed by atoms with Gasteiger partial charge in [-0.3, -0.25) is 0 Å². The van der Waals surface area contributed by atoms with Crippen LogP contribution in [0.3, 0.4) is 0 Å². The van der Waals surface area contributed by atoms with Crippen molar-refractivity contribution < 1.29 is 0 Å². The Kier molecular flexibility index (Phi) is 11.6. The van der Waals surface area contributed by atoms with Crippen molar-refractivity contribution in [2.45, 2.75) is 44.9 Å². The molecule has 0 aliphatic heterocycles. The molecule has 0 heterocycles. The first kappa shape index (κ1) is 13.7. The van der Waals surface area contributed by atoms with E-state index < -0.39 is 0 Å². The van der Waals surface area contributed by atoms with E-state index in [1.165, 1.54) is 12.8 Å². The van der Waals surface area contributed by atoms with Crippen molar-refractivity contribution in [2.24, 2.45) is 0 Å². The van der Waals surface area contributed by atoms with Gasteiger partial charge in [-0.2, -0.15) is 5.26 Å². The number of hydrogen-bond acceptors (Lipinski definition) is 1. The highest BCUT2D eigenvalue weighted by Crippen LogP contribution is 2.01. The molecule has 0 rings (SSSR count). The molecule has 0 aliphatic rings. The monoisotopic (exact) mass is 203 g/mol. The lowest BCUT2D eigenvalue weighted by Gasteiger charge is -1.90. The van der Waals surface area contributed by atoms with Crippen molar-refractivity contribution >= 4 is 0 Å². The van der Waals surface area contributed by atoms with E-state index in [1.54, 1.807) is 0 Å². The maximum absolute atomic E-state index is 8.31. The van der Waals surface area contributed by atoms with Crippen molar-refractivity contribution in [3.63, 3.8) is 0 Å². The molecule has 0 aliphatic carbocycles. The molecule has 0 unspecified atom stereocenters. The van der Waals surface area contributed by atoms with Crippen LogP contribution in [-0.4, -0.2) is 0 Å². The molecule has 0 fully saturated rings. The quantitative estimate of drug-likeness (QED) is 0.306. The van der Waals surface area contributed by atoms with Crippen LogP contribution in [0.2, 0.25) is 0 Å². The maximum atomic E-state index is 8.31. The van der Waals surface area contributed by atoms with Gasteiger partial charge < -0.3 is 0 Å². The summed E-state index contributed by atoms with van der Waals surface area (Å²) in [5.41, 5.74) is 0. The average molecular weight is 203 g/mol. The SMILES string of the molecule is C=CCCCC/C=C/C=C/CCCC#N. The second-order valence-corrected chi connectivity index (χ2v) is 3.48. The molecule has 0 aromatic carbocycles. The minimum Gasteiger partial charge on any atom is -0.198 e. The lowest BCUT2D eigenvalue weighted by atomic mass is 10.2. The van der Waals surface area contributed by atoms with E-state index in [0.717, 1.165) is 25.7 Å². The first-order valence-corrected chi connectivity index (χ1v) is 5.71. The van der Waals surface area contributed by atoms with E-state index >= 15 is 0 Å². The molecule has 1 nitrogen and oxygen atoms in total. The molecule has 15 heavy (non-hydrogen) atoms. The van der Waals surface area contributed by atoms with Gasteiger partial charge in [-0.1, -0.05) is 30.4 Å². The lowest BCUT2D eigenvalue weighted by Crippen LogP contribution is -1.71. The van der Waals surface area contributed by atoms with Gasteiger partial charge in [-0.05, 0) is 38.5 Å². The zero-order chi connectivity index (χ0) is 11.2. The second kappa shape index (κ2) is 12.7. The molecule has 0 amide bonds. The number of hydrogen-bond donors (Lipinski definition) is 0. The van der Waals surface area contributed by atoms with E-state index in [9.17, 15) is 0 Å². The van der Waals surface area contributed by atoms with Gasteiger partial charge in [0.2, 0.25) is 0 Å². The Morgan fingerprint density at radius 3 is 2.13 bits per heavy atom. The molecule has 0 aromatic heterocycles. The summed E-state index contributed by atoms with van der Waals surface area (Å²) in [6.07, 6.45) is 17.9. The number of nitriles is 1. The van der Waals surface area contributed by atoms with E-state index in [2.05, 4.69) is 37.0 Å². The second-order valence-electron chi connectivity index (χ2n) is 3.48. The van der Waals surface area contributed by atoms with Crippen LogP contribution in [-0.2, 0) is 0 Å². The molecule has 0 aromatic rings. The van der Waals surface area contributed by atoms with Gasteiger partial charge in [-0.15, -0.1) is 6.58 Å². The summed E-state index contributed by atoms with van der Waals surface area (Å²) in [5.74, 6) is 0. The summed E-state index contributed by atoms with van der Waals surface area (Å²) >= 11 is 0. The molecular weight excluding hydrogens is 182 g/mol. The number of allylic oxidation sites excluding steroid dienone is 5. The minimum atomic E-state index is 0.662. The van der Waals surface area contributed by atoms with Gasteiger partial charge in [0.15, 0.2) is 0 Å². The number of unbranched alkanes of at least 4 members (excludes halogenated alkanes) is 5. The first-order chi connectivity index (χ1) is 7.41. The van der Waals surface area contributed by atoms with Gasteiger partial charge >= 0.3 is 0 Å². The van der Waals surface area contributed by atoms with Gasteiger partial charge in [0.25, 0.3) is 0 Å². The van der Waals surface area contributed by atoms with Crippen molar-refractivity contribution in [3.05, 3.63) is 37.0 Å². The zero-order valence-electron chi connectivity index (χ0n) is 9.49. The topological polar surface area (TPSA) is 23.8 Å². The fourth-order valence-electron chi connectivity index (χ4n) is 1.20. The van der Waals surface area contributed by atoms with Gasteiger partial charge in [0.1, 0.15) is 0 Å². The van der Waals surface area contributed by atoms with E-state index in [4.69, 9.17) is 5.26 Å². The van der Waals surface area contributed by atoms with Crippen LogP contribution in [0.15, 0.2) is 37.0 Å². The van der Waals surface area contributed by atoms with Gasteiger partial charge in [0, 0.05) is 6.42 Å². The Labute approximate surface area is 93.8 Å². The van der Waals surface area contributed by atoms with Crippen LogP contribution in [0.4, 0.5) is 0 Å². The third-order valence-corrected chi connectivity index (χ3v) is 2.07. The summed E-state index contributed by atoms with van der Waals surface area (Å²) in [5, 5.41) is 8.31. The zero-order valence-corrected chi connectivity index (χ0v) is 9.49. The predicted molar refractivity (Wildman–Crippen MR) is 66.4 cm³/mol. The molecule has 1 heteroatoms. The molecule has 0 atom stereocenters. The standard InChI is InChI=1S/C14H21N/c1-2-3-4-5-6-7-8-9-10-11-12-13-14-15/h2,7-10H,1,3-6,11-13H2/b8-7+,10-9+. The Bertz CT molecular complexity index is 230.